The van der Waals surface area contributed by atoms with Crippen molar-refractivity contribution < 1.29 is 9.59 Å². The lowest BCUT2D eigenvalue weighted by atomic mass is 9.84. The molecule has 1 saturated heterocycles. The van der Waals surface area contributed by atoms with E-state index in [1.165, 1.54) is 12.0 Å². The summed E-state index contributed by atoms with van der Waals surface area (Å²) in [5, 5.41) is 3.19. The fraction of sp³-hybridized carbons (Fsp3) is 0.500. The van der Waals surface area contributed by atoms with Gasteiger partial charge in [-0.05, 0) is 61.5 Å². The van der Waals surface area contributed by atoms with E-state index in [4.69, 9.17) is 0 Å². The molecule has 5 nitrogen and oxygen atoms in total. The van der Waals surface area contributed by atoms with Crippen molar-refractivity contribution in [3.8, 4) is 0 Å². The number of benzene rings is 2. The molecule has 2 fully saturated rings. The second-order valence-electron chi connectivity index (χ2n) is 9.39. The molecule has 2 aliphatic rings. The first-order valence-corrected chi connectivity index (χ1v) is 12.6. The van der Waals surface area contributed by atoms with Gasteiger partial charge in [0.2, 0.25) is 5.91 Å². The second-order valence-corrected chi connectivity index (χ2v) is 9.39. The van der Waals surface area contributed by atoms with Crippen molar-refractivity contribution in [2.45, 2.75) is 71.1 Å². The normalized spacial score (nSPS) is 22.3. The molecule has 1 saturated carbocycles. The largest absolute Gasteiger partial charge is 0.350 e. The molecule has 1 aliphatic carbocycles. The summed E-state index contributed by atoms with van der Waals surface area (Å²) in [5.74, 6) is 0.399. The Kier molecular flexibility index (Phi) is 7.81. The van der Waals surface area contributed by atoms with Crippen LogP contribution >= 0.6 is 0 Å². The van der Waals surface area contributed by atoms with Crippen molar-refractivity contribution in [3.63, 3.8) is 0 Å². The van der Waals surface area contributed by atoms with Gasteiger partial charge in [-0.1, -0.05) is 69.2 Å². The maximum Gasteiger partial charge on any atom is 0.254 e. The van der Waals surface area contributed by atoms with Crippen LogP contribution in [0.15, 0.2) is 54.6 Å². The van der Waals surface area contributed by atoms with E-state index < -0.39 is 0 Å². The number of hydrogen-bond acceptors (Lipinski definition) is 3. The van der Waals surface area contributed by atoms with Crippen LogP contribution in [0.4, 0.5) is 0 Å². The summed E-state index contributed by atoms with van der Waals surface area (Å²) in [5.41, 5.74) is 3.07. The molecule has 5 heteroatoms. The number of carbonyl (C=O) groups excluding carboxylic acids is 2. The number of amides is 2. The van der Waals surface area contributed by atoms with Crippen LogP contribution in [0.2, 0.25) is 0 Å². The van der Waals surface area contributed by atoms with Crippen molar-refractivity contribution >= 4 is 11.8 Å². The van der Waals surface area contributed by atoms with Gasteiger partial charge in [-0.3, -0.25) is 14.5 Å². The molecule has 2 amide bonds. The smallest absolute Gasteiger partial charge is 0.254 e. The fourth-order valence-corrected chi connectivity index (χ4v) is 5.59. The summed E-state index contributed by atoms with van der Waals surface area (Å²) in [6.45, 7) is 7.72. The average Bonchev–Trinajstić information content (AvgIpc) is 3.26. The molecule has 1 heterocycles. The van der Waals surface area contributed by atoms with Gasteiger partial charge in [-0.2, -0.15) is 0 Å². The number of nitrogens with one attached hydrogen (secondary N) is 1. The summed E-state index contributed by atoms with van der Waals surface area (Å²) >= 11 is 0. The first-order valence-electron chi connectivity index (χ1n) is 12.6. The highest BCUT2D eigenvalue weighted by Crippen LogP contribution is 2.40. The molecule has 0 radical (unpaired) electrons. The van der Waals surface area contributed by atoms with Crippen molar-refractivity contribution in [2.75, 3.05) is 13.1 Å². The van der Waals surface area contributed by atoms with Crippen LogP contribution in [-0.2, 0) is 17.9 Å². The topological polar surface area (TPSA) is 52.7 Å². The monoisotopic (exact) mass is 447 g/mol. The second kappa shape index (κ2) is 11.0. The van der Waals surface area contributed by atoms with Gasteiger partial charge >= 0.3 is 0 Å². The Morgan fingerprint density at radius 3 is 2.33 bits per heavy atom. The Bertz CT molecular complexity index is 941. The van der Waals surface area contributed by atoms with Gasteiger partial charge in [-0.15, -0.1) is 0 Å². The Hall–Kier alpha value is -2.66. The van der Waals surface area contributed by atoms with Gasteiger partial charge in [-0.25, -0.2) is 0 Å². The van der Waals surface area contributed by atoms with Gasteiger partial charge in [0.1, 0.15) is 6.04 Å². The number of nitrogens with zero attached hydrogens (tertiary/aromatic N) is 2. The van der Waals surface area contributed by atoms with Crippen LogP contribution in [0.3, 0.4) is 0 Å². The van der Waals surface area contributed by atoms with Crippen molar-refractivity contribution in [3.05, 3.63) is 71.3 Å². The third-order valence-electron chi connectivity index (χ3n) is 7.51. The zero-order chi connectivity index (χ0) is 23.2. The molecule has 176 valence electrons. The minimum Gasteiger partial charge on any atom is -0.350 e. The van der Waals surface area contributed by atoms with E-state index in [1.807, 2.05) is 41.3 Å². The summed E-state index contributed by atoms with van der Waals surface area (Å²) in [4.78, 5) is 31.2. The number of carbonyl (C=O) groups is 2. The highest BCUT2D eigenvalue weighted by atomic mass is 16.2. The predicted octanol–water partition coefficient (Wildman–Crippen LogP) is 4.62. The Labute approximate surface area is 198 Å². The van der Waals surface area contributed by atoms with Crippen molar-refractivity contribution in [1.29, 1.82) is 0 Å². The van der Waals surface area contributed by atoms with E-state index in [2.05, 4.69) is 42.3 Å². The van der Waals surface area contributed by atoms with E-state index >= 15 is 0 Å². The van der Waals surface area contributed by atoms with Gasteiger partial charge in [0.05, 0.1) is 0 Å². The number of hydrogen-bond donors (Lipinski definition) is 1. The third-order valence-corrected chi connectivity index (χ3v) is 7.51. The highest BCUT2D eigenvalue weighted by Gasteiger charge is 2.47. The quantitative estimate of drug-likeness (QED) is 0.643. The lowest BCUT2D eigenvalue weighted by Crippen LogP contribution is -2.49. The zero-order valence-corrected chi connectivity index (χ0v) is 20.0. The van der Waals surface area contributed by atoms with Crippen LogP contribution in [-0.4, -0.2) is 46.8 Å². The Morgan fingerprint density at radius 1 is 0.939 bits per heavy atom. The number of fused-ring (bicyclic) bond motifs is 1. The van der Waals surface area contributed by atoms with Crippen LogP contribution in [0.1, 0.15) is 67.4 Å². The van der Waals surface area contributed by atoms with E-state index in [1.54, 1.807) is 0 Å². The van der Waals surface area contributed by atoms with E-state index in [9.17, 15) is 9.59 Å². The van der Waals surface area contributed by atoms with Gasteiger partial charge < -0.3 is 10.2 Å². The van der Waals surface area contributed by atoms with Gasteiger partial charge in [0.15, 0.2) is 0 Å². The van der Waals surface area contributed by atoms with Crippen LogP contribution in [0.25, 0.3) is 0 Å². The molecule has 33 heavy (non-hydrogen) atoms. The lowest BCUT2D eigenvalue weighted by molar-refractivity contribution is -0.125. The summed E-state index contributed by atoms with van der Waals surface area (Å²) in [6, 6.07) is 17.5. The highest BCUT2D eigenvalue weighted by molar-refractivity contribution is 5.98. The standard InChI is InChI=1S/C28H37N3O2/c1-3-30(4-2)20-24-16-9-8-15-23(24)19-29-27(32)26-18-22-14-10-11-17-25(22)31(26)28(33)21-12-6-5-7-13-21/h5-9,12-13,15-16,22,25-26H,3-4,10-11,14,17-20H2,1-2H3,(H,29,32). The van der Waals surface area contributed by atoms with Crippen LogP contribution < -0.4 is 5.32 Å². The molecular weight excluding hydrogens is 410 g/mol. The van der Waals surface area contributed by atoms with Crippen molar-refractivity contribution in [2.24, 2.45) is 5.92 Å². The van der Waals surface area contributed by atoms with Crippen LogP contribution in [0.5, 0.6) is 0 Å². The predicted molar refractivity (Wildman–Crippen MR) is 132 cm³/mol. The molecule has 3 unspecified atom stereocenters. The summed E-state index contributed by atoms with van der Waals surface area (Å²) in [6.07, 6.45) is 5.21. The SMILES string of the molecule is CCN(CC)Cc1ccccc1CNC(=O)C1CC2CCCCC2N1C(=O)c1ccccc1. The molecule has 1 N–H and O–H groups in total. The summed E-state index contributed by atoms with van der Waals surface area (Å²) < 4.78 is 0. The molecule has 1 aliphatic heterocycles. The lowest BCUT2D eigenvalue weighted by Gasteiger charge is -2.33. The van der Waals surface area contributed by atoms with Gasteiger partial charge in [0, 0.05) is 24.7 Å². The minimum atomic E-state index is -0.388. The van der Waals surface area contributed by atoms with Crippen LogP contribution in [0, 0.1) is 5.92 Å². The summed E-state index contributed by atoms with van der Waals surface area (Å²) in [7, 11) is 0. The maximum atomic E-state index is 13.5. The Morgan fingerprint density at radius 2 is 1.61 bits per heavy atom. The molecule has 4 rings (SSSR count). The molecular formula is C28H37N3O2. The van der Waals surface area contributed by atoms with Crippen molar-refractivity contribution in [1.82, 2.24) is 15.1 Å². The molecule has 0 bridgehead atoms. The van der Waals surface area contributed by atoms with E-state index in [0.29, 0.717) is 18.0 Å². The third kappa shape index (κ3) is 5.30. The maximum absolute atomic E-state index is 13.5. The Balaban J connectivity index is 1.49. The molecule has 0 spiro atoms. The number of likely N-dealkylation sites (tertiary alicyclic amines) is 1. The van der Waals surface area contributed by atoms with E-state index in [-0.39, 0.29) is 23.9 Å². The zero-order valence-electron chi connectivity index (χ0n) is 20.0. The fourth-order valence-electron chi connectivity index (χ4n) is 5.59. The average molecular weight is 448 g/mol. The van der Waals surface area contributed by atoms with Gasteiger partial charge in [0.25, 0.3) is 5.91 Å². The first-order chi connectivity index (χ1) is 16.1. The molecule has 2 aromatic carbocycles. The van der Waals surface area contributed by atoms with E-state index in [0.717, 1.165) is 50.9 Å². The number of rotatable bonds is 8. The first kappa shape index (κ1) is 23.5. The minimum absolute atomic E-state index is 0.00733. The molecule has 2 aromatic rings. The molecule has 3 atom stereocenters. The molecule has 0 aromatic heterocycles.